The van der Waals surface area contributed by atoms with E-state index in [0.29, 0.717) is 35.0 Å². The number of ether oxygens (including phenoxy) is 3. The highest BCUT2D eigenvalue weighted by Crippen LogP contribution is 2.30. The van der Waals surface area contributed by atoms with Crippen molar-refractivity contribution >= 4 is 33.5 Å². The van der Waals surface area contributed by atoms with Crippen molar-refractivity contribution in [1.82, 2.24) is 5.43 Å². The number of hydrogen-bond acceptors (Lipinski definition) is 9. The number of hydrogen-bond donors (Lipinski definition) is 1. The third-order valence-electron chi connectivity index (χ3n) is 6.44. The van der Waals surface area contributed by atoms with Crippen molar-refractivity contribution in [3.05, 3.63) is 118 Å². The first-order chi connectivity index (χ1) is 21.1. The SMILES string of the molecule is COc1ccc(N(CC(=O)N/N=C\c2ccc(OCc3ccccc3)c(OC)c2)S(=O)(=O)c2ccc(C)c([N+](=O)[O-])c2)cc1. The van der Waals surface area contributed by atoms with E-state index in [0.717, 1.165) is 15.9 Å². The summed E-state index contributed by atoms with van der Waals surface area (Å²) in [6.07, 6.45) is 1.37. The van der Waals surface area contributed by atoms with Crippen molar-refractivity contribution in [1.29, 1.82) is 0 Å². The van der Waals surface area contributed by atoms with E-state index in [1.807, 2.05) is 30.3 Å². The standard InChI is InChI=1S/C31H30N4O8S/c1-22-9-15-27(18-28(22)35(37)38)44(39,40)34(25-11-13-26(41-2)14-12-25)20-31(36)33-32-19-24-10-16-29(30(17-24)42-3)43-21-23-7-5-4-6-8-23/h4-19H,20-21H2,1-3H3,(H,33,36)/b32-19-. The number of aryl methyl sites for hydroxylation is 1. The lowest BCUT2D eigenvalue weighted by Crippen LogP contribution is -2.39. The lowest BCUT2D eigenvalue weighted by Gasteiger charge is -2.24. The third kappa shape index (κ3) is 7.69. The Labute approximate surface area is 254 Å². The number of anilines is 1. The van der Waals surface area contributed by atoms with Crippen LogP contribution in [0.2, 0.25) is 0 Å². The first-order valence-corrected chi connectivity index (χ1v) is 14.6. The average Bonchev–Trinajstić information content (AvgIpc) is 3.03. The summed E-state index contributed by atoms with van der Waals surface area (Å²) in [6, 6.07) is 24.3. The zero-order valence-corrected chi connectivity index (χ0v) is 25.0. The van der Waals surface area contributed by atoms with Crippen molar-refractivity contribution in [2.45, 2.75) is 18.4 Å². The minimum Gasteiger partial charge on any atom is -0.497 e. The van der Waals surface area contributed by atoms with Gasteiger partial charge in [0.05, 0.1) is 35.9 Å². The fourth-order valence-corrected chi connectivity index (χ4v) is 5.54. The first kappa shape index (κ1) is 31.5. The van der Waals surface area contributed by atoms with Gasteiger partial charge in [0.25, 0.3) is 21.6 Å². The molecule has 0 radical (unpaired) electrons. The van der Waals surface area contributed by atoms with Gasteiger partial charge in [-0.2, -0.15) is 5.10 Å². The second kappa shape index (κ2) is 14.2. The Hall–Kier alpha value is -5.43. The normalized spacial score (nSPS) is 11.2. The number of nitrogens with one attached hydrogen (secondary N) is 1. The van der Waals surface area contributed by atoms with Crippen LogP contribution in [0.4, 0.5) is 11.4 Å². The molecule has 0 aromatic heterocycles. The van der Waals surface area contributed by atoms with Gasteiger partial charge in [-0.25, -0.2) is 13.8 Å². The Balaban J connectivity index is 1.51. The molecule has 13 heteroatoms. The summed E-state index contributed by atoms with van der Waals surface area (Å²) in [4.78, 5) is 23.4. The predicted octanol–water partition coefficient (Wildman–Crippen LogP) is 4.85. The highest BCUT2D eigenvalue weighted by Gasteiger charge is 2.29. The smallest absolute Gasteiger partial charge is 0.273 e. The summed E-state index contributed by atoms with van der Waals surface area (Å²) in [5.74, 6) is 0.699. The van der Waals surface area contributed by atoms with E-state index in [-0.39, 0.29) is 16.3 Å². The number of benzene rings is 4. The van der Waals surface area contributed by atoms with E-state index in [1.165, 1.54) is 63.8 Å². The maximum Gasteiger partial charge on any atom is 0.273 e. The van der Waals surface area contributed by atoms with Crippen LogP contribution < -0.4 is 23.9 Å². The molecule has 4 aromatic carbocycles. The molecule has 0 unspecified atom stereocenters. The lowest BCUT2D eigenvalue weighted by molar-refractivity contribution is -0.385. The summed E-state index contributed by atoms with van der Waals surface area (Å²) in [5.41, 5.74) is 3.99. The maximum absolute atomic E-state index is 13.7. The van der Waals surface area contributed by atoms with E-state index in [2.05, 4.69) is 10.5 Å². The van der Waals surface area contributed by atoms with Gasteiger partial charge in [0.1, 0.15) is 18.9 Å². The van der Waals surface area contributed by atoms with Crippen LogP contribution in [0.3, 0.4) is 0 Å². The second-order valence-corrected chi connectivity index (χ2v) is 11.3. The zero-order chi connectivity index (χ0) is 31.7. The van der Waals surface area contributed by atoms with Crippen molar-refractivity contribution < 1.29 is 32.3 Å². The number of sulfonamides is 1. The van der Waals surface area contributed by atoms with Gasteiger partial charge >= 0.3 is 0 Å². The summed E-state index contributed by atoms with van der Waals surface area (Å²) < 4.78 is 44.6. The number of rotatable bonds is 13. The Morgan fingerprint density at radius 3 is 2.34 bits per heavy atom. The molecule has 228 valence electrons. The van der Waals surface area contributed by atoms with Crippen LogP contribution in [0.5, 0.6) is 17.2 Å². The molecular weight excluding hydrogens is 588 g/mol. The Morgan fingerprint density at radius 2 is 1.68 bits per heavy atom. The molecule has 44 heavy (non-hydrogen) atoms. The van der Waals surface area contributed by atoms with Gasteiger partial charge in [-0.1, -0.05) is 36.4 Å². The quantitative estimate of drug-likeness (QED) is 0.127. The minimum absolute atomic E-state index is 0.143. The fourth-order valence-electron chi connectivity index (χ4n) is 4.10. The van der Waals surface area contributed by atoms with Crippen LogP contribution in [-0.2, 0) is 21.4 Å². The predicted molar refractivity (Wildman–Crippen MR) is 165 cm³/mol. The number of nitrogens with zero attached hydrogens (tertiary/aromatic N) is 3. The van der Waals surface area contributed by atoms with E-state index < -0.39 is 27.4 Å². The molecule has 0 saturated carbocycles. The molecule has 4 rings (SSSR count). The number of hydrazone groups is 1. The lowest BCUT2D eigenvalue weighted by atomic mass is 10.2. The summed E-state index contributed by atoms with van der Waals surface area (Å²) in [6.45, 7) is 1.19. The van der Waals surface area contributed by atoms with E-state index in [9.17, 15) is 23.3 Å². The number of carbonyl (C=O) groups is 1. The van der Waals surface area contributed by atoms with Crippen molar-refractivity contribution in [3.8, 4) is 17.2 Å². The second-order valence-electron chi connectivity index (χ2n) is 9.39. The molecule has 0 saturated heterocycles. The molecule has 0 heterocycles. The minimum atomic E-state index is -4.41. The number of amides is 1. The number of nitro groups is 1. The molecule has 0 aliphatic heterocycles. The molecule has 0 aliphatic rings. The molecule has 12 nitrogen and oxygen atoms in total. The monoisotopic (exact) mass is 618 g/mol. The van der Waals surface area contributed by atoms with Crippen LogP contribution >= 0.6 is 0 Å². The molecule has 1 N–H and O–H groups in total. The maximum atomic E-state index is 13.7. The molecule has 0 spiro atoms. The summed E-state index contributed by atoms with van der Waals surface area (Å²) >= 11 is 0. The highest BCUT2D eigenvalue weighted by molar-refractivity contribution is 7.92. The molecule has 0 atom stereocenters. The van der Waals surface area contributed by atoms with Crippen LogP contribution in [0.15, 0.2) is 101 Å². The Kier molecular flexibility index (Phi) is 10.1. The Bertz CT molecular complexity index is 1760. The van der Waals surface area contributed by atoms with Crippen molar-refractivity contribution in [3.63, 3.8) is 0 Å². The average molecular weight is 619 g/mol. The largest absolute Gasteiger partial charge is 0.497 e. The van der Waals surface area contributed by atoms with E-state index >= 15 is 0 Å². The first-order valence-electron chi connectivity index (χ1n) is 13.2. The number of nitro benzene ring substituents is 1. The number of methoxy groups -OCH3 is 2. The van der Waals surface area contributed by atoms with Crippen LogP contribution in [0.25, 0.3) is 0 Å². The molecule has 0 bridgehead atoms. The van der Waals surface area contributed by atoms with Crippen molar-refractivity contribution in [2.24, 2.45) is 5.10 Å². The van der Waals surface area contributed by atoms with Gasteiger partial charge in [0.2, 0.25) is 0 Å². The third-order valence-corrected chi connectivity index (χ3v) is 8.21. The Morgan fingerprint density at radius 1 is 0.955 bits per heavy atom. The molecule has 0 fully saturated rings. The summed E-state index contributed by atoms with van der Waals surface area (Å²) in [7, 11) is -1.45. The fraction of sp³-hybridized carbons (Fsp3) is 0.161. The highest BCUT2D eigenvalue weighted by atomic mass is 32.2. The molecular formula is C31H30N4O8S. The van der Waals surface area contributed by atoms with Gasteiger partial charge in [-0.05, 0) is 66.6 Å². The zero-order valence-electron chi connectivity index (χ0n) is 24.2. The van der Waals surface area contributed by atoms with Gasteiger partial charge < -0.3 is 14.2 Å². The molecule has 0 aliphatic carbocycles. The topological polar surface area (TPSA) is 150 Å². The van der Waals surface area contributed by atoms with Crippen molar-refractivity contribution in [2.75, 3.05) is 25.1 Å². The van der Waals surface area contributed by atoms with E-state index in [1.54, 1.807) is 18.2 Å². The van der Waals surface area contributed by atoms with Gasteiger partial charge in [-0.15, -0.1) is 0 Å². The van der Waals surface area contributed by atoms with Crippen LogP contribution in [0, 0.1) is 17.0 Å². The molecule has 4 aromatic rings. The van der Waals surface area contributed by atoms with Gasteiger partial charge in [0.15, 0.2) is 11.5 Å². The van der Waals surface area contributed by atoms with Crippen LogP contribution in [-0.4, -0.2) is 46.2 Å². The van der Waals surface area contributed by atoms with E-state index in [4.69, 9.17) is 14.2 Å². The molecule has 1 amide bonds. The number of carbonyl (C=O) groups excluding carboxylic acids is 1. The van der Waals surface area contributed by atoms with Gasteiger partial charge in [-0.3, -0.25) is 19.2 Å². The van der Waals surface area contributed by atoms with Gasteiger partial charge in [0, 0.05) is 11.6 Å². The van der Waals surface area contributed by atoms with Crippen LogP contribution in [0.1, 0.15) is 16.7 Å². The summed E-state index contributed by atoms with van der Waals surface area (Å²) in [5, 5.41) is 15.4.